The molecule has 0 saturated carbocycles. The Hall–Kier alpha value is -10.4. The monoisotopic (exact) mass is 1590 g/mol. The van der Waals surface area contributed by atoms with Crippen LogP contribution in [-0.4, -0.2) is 214 Å². The molecule has 116 heavy (non-hydrogen) atoms. The largest absolute Gasteiger partial charge is 0.496 e. The van der Waals surface area contributed by atoms with E-state index in [-0.39, 0.29) is 79.6 Å². The third-order valence-electron chi connectivity index (χ3n) is 22.7. The van der Waals surface area contributed by atoms with Crippen molar-refractivity contribution >= 4 is 51.7 Å². The van der Waals surface area contributed by atoms with Gasteiger partial charge in [-0.15, -0.1) is 0 Å². The van der Waals surface area contributed by atoms with Crippen molar-refractivity contribution in [1.29, 1.82) is 0 Å². The van der Waals surface area contributed by atoms with E-state index in [1.54, 1.807) is 93.9 Å². The lowest BCUT2D eigenvalue weighted by molar-refractivity contribution is -0.122. The Labute approximate surface area is 677 Å². The maximum Gasteiger partial charge on any atom is 0.324 e. The van der Waals surface area contributed by atoms with Gasteiger partial charge in [-0.2, -0.15) is 0 Å². The van der Waals surface area contributed by atoms with Crippen LogP contribution in [-0.2, 0) is 64.9 Å². The Morgan fingerprint density at radius 3 is 1.23 bits per heavy atom. The SMILES string of the molecule is C.CCCCn1cc(-c2cc(OC)c(C=O)c(OC)c2)c2ccncc2c1=O.CCCCn1cc(-c2cc(OC)c(CN3CCC(OC4CCN(CCn5cccc(CN6CCC(=O)NC6=O)c5=O)CC4)CC3)c(OC)c2)c2ccncc2c1=O.O=C1CCN(Cc2cccn(CCN3CCC(OC4CCNCC4)CC3)c2=O)C(=O)N1. The zero-order valence-corrected chi connectivity index (χ0v) is 67.2. The standard InChI is InChI=1S/C43H55N7O7.C22H33N5O4.C21H22N2O4.CH4/c1-4-5-15-49-29-36(34-8-14-44-26-35(34)42(49)53)31-24-38(55-2)37(39(25-31)56-3)28-47-19-11-33(12-20-47)57-32-9-17-46(18-10-32)22-23-48-16-6-7-30(41(48)52)27-50-21-13-40(51)45-43(50)54;28-20-7-13-27(22(30)24-20)16-17-2-1-10-26(21(17)29)15-14-25-11-5-19(6-12-25)31-18-3-8-23-9-4-18;1-4-5-8-23-12-17(15-6-7-22-11-16(15)21(23)25)14-9-19(26-2)18(13-24)20(10-14)27-3;/h6-8,14,16,24-26,29,32-33H,4-5,9-13,15,17-23,27-28H2,1-3H3,(H,45,51,54);1-2,10,18-19,23H,3-9,11-16H2,(H,24,28,30);6-7,9-13H,4-5,8H2,1-3H3;1H4. The zero-order chi connectivity index (χ0) is 80.9. The van der Waals surface area contributed by atoms with Gasteiger partial charge in [-0.3, -0.25) is 59.1 Å². The van der Waals surface area contributed by atoms with Crippen molar-refractivity contribution in [2.75, 3.05) is 107 Å². The maximum absolute atomic E-state index is 13.3. The number of benzene rings is 2. The van der Waals surface area contributed by atoms with Gasteiger partial charge in [-0.05, 0) is 148 Å². The lowest BCUT2D eigenvalue weighted by atomic mass is 9.98. The summed E-state index contributed by atoms with van der Waals surface area (Å²) in [6.45, 7) is 17.8. The van der Waals surface area contributed by atoms with Gasteiger partial charge in [0.25, 0.3) is 22.2 Å². The van der Waals surface area contributed by atoms with E-state index in [0.29, 0.717) is 103 Å². The van der Waals surface area contributed by atoms with Crippen molar-refractivity contribution in [2.24, 2.45) is 0 Å². The van der Waals surface area contributed by atoms with Crippen LogP contribution in [0.2, 0.25) is 0 Å². The molecular weight excluding hydrogens is 1480 g/mol. The highest BCUT2D eigenvalue weighted by Gasteiger charge is 2.31. The molecule has 29 nitrogen and oxygen atoms in total. The zero-order valence-electron chi connectivity index (χ0n) is 67.2. The van der Waals surface area contributed by atoms with E-state index in [1.165, 1.54) is 24.0 Å². The molecule has 0 aliphatic carbocycles. The molecule has 6 fully saturated rings. The molecule has 6 aromatic heterocycles. The molecule has 0 unspecified atom stereocenters. The Kier molecular flexibility index (Phi) is 31.2. The summed E-state index contributed by atoms with van der Waals surface area (Å²) in [7, 11) is 6.41. The number of hydrogen-bond acceptors (Lipinski definition) is 21. The lowest BCUT2D eigenvalue weighted by Gasteiger charge is -2.37. The first-order valence-electron chi connectivity index (χ1n) is 40.6. The van der Waals surface area contributed by atoms with Crippen LogP contribution < -0.4 is 57.1 Å². The van der Waals surface area contributed by atoms with E-state index in [9.17, 15) is 43.2 Å². The Morgan fingerprint density at radius 2 is 0.845 bits per heavy atom. The number of imide groups is 2. The summed E-state index contributed by atoms with van der Waals surface area (Å²) in [5.74, 6) is 1.81. The number of amides is 6. The fraction of sp³-hybridized carbons (Fsp3) is 0.506. The number of piperidine rings is 4. The topological polar surface area (TPSA) is 307 Å². The highest BCUT2D eigenvalue weighted by atomic mass is 16.5. The number of methoxy groups -OCH3 is 4. The molecule has 12 heterocycles. The van der Waals surface area contributed by atoms with Gasteiger partial charge >= 0.3 is 12.1 Å². The van der Waals surface area contributed by atoms with Gasteiger partial charge in [-0.25, -0.2) is 9.59 Å². The molecular formula is C87H114N14O15. The van der Waals surface area contributed by atoms with Crippen molar-refractivity contribution in [3.8, 4) is 45.3 Å². The minimum Gasteiger partial charge on any atom is -0.496 e. The number of carbonyl (C=O) groups excluding carboxylic acids is 5. The summed E-state index contributed by atoms with van der Waals surface area (Å²) < 4.78 is 42.6. The number of rotatable bonds is 29. The van der Waals surface area contributed by atoms with Crippen molar-refractivity contribution in [3.63, 3.8) is 0 Å². The first kappa shape index (κ1) is 86.4. The van der Waals surface area contributed by atoms with E-state index in [0.717, 1.165) is 193 Å². The number of likely N-dealkylation sites (tertiary alicyclic amines) is 3. The summed E-state index contributed by atoms with van der Waals surface area (Å²) in [6.07, 6.45) is 28.4. The van der Waals surface area contributed by atoms with Gasteiger partial charge < -0.3 is 71.6 Å². The predicted octanol–water partition coefficient (Wildman–Crippen LogP) is 9.48. The third-order valence-corrected chi connectivity index (χ3v) is 22.7. The molecule has 622 valence electrons. The first-order chi connectivity index (χ1) is 56.0. The highest BCUT2D eigenvalue weighted by Crippen LogP contribution is 2.40. The number of nitrogens with zero attached hydrogens (tertiary/aromatic N) is 11. The molecule has 0 bridgehead atoms. The Balaban J connectivity index is 0.000000188. The van der Waals surface area contributed by atoms with Crippen molar-refractivity contribution in [3.05, 3.63) is 174 Å². The van der Waals surface area contributed by atoms with Crippen LogP contribution in [0.15, 0.2) is 129 Å². The Bertz CT molecular complexity index is 4900. The van der Waals surface area contributed by atoms with Crippen LogP contribution >= 0.6 is 0 Å². The van der Waals surface area contributed by atoms with Crippen molar-refractivity contribution in [1.82, 2.24) is 68.7 Å². The summed E-state index contributed by atoms with van der Waals surface area (Å²) in [5.41, 5.74) is 5.74. The highest BCUT2D eigenvalue weighted by molar-refractivity contribution is 5.99. The third kappa shape index (κ3) is 21.8. The van der Waals surface area contributed by atoms with Gasteiger partial charge in [-0.1, -0.05) is 46.2 Å². The van der Waals surface area contributed by atoms with Crippen molar-refractivity contribution < 1.29 is 52.4 Å². The smallest absolute Gasteiger partial charge is 0.324 e. The van der Waals surface area contributed by atoms with Crippen LogP contribution in [0.25, 0.3) is 43.8 Å². The van der Waals surface area contributed by atoms with Crippen LogP contribution in [0.4, 0.5) is 9.59 Å². The molecule has 3 N–H and O–H groups in total. The minimum atomic E-state index is -0.450. The van der Waals surface area contributed by atoms with Crippen molar-refractivity contribution in [2.45, 2.75) is 181 Å². The number of fused-ring (bicyclic) bond motifs is 2. The number of carbonyl (C=O) groups is 5. The minimum absolute atomic E-state index is 0. The second-order valence-electron chi connectivity index (χ2n) is 30.3. The maximum atomic E-state index is 13.3. The van der Waals surface area contributed by atoms with Gasteiger partial charge in [0.05, 0.1) is 87.8 Å². The van der Waals surface area contributed by atoms with Gasteiger partial charge in [0.1, 0.15) is 23.0 Å². The van der Waals surface area contributed by atoms with E-state index < -0.39 is 12.1 Å². The van der Waals surface area contributed by atoms with Gasteiger partial charge in [0.2, 0.25) is 11.8 Å². The summed E-state index contributed by atoms with van der Waals surface area (Å²) in [5, 5.41) is 10.8. The van der Waals surface area contributed by atoms with E-state index in [4.69, 9.17) is 28.4 Å². The molecule has 0 radical (unpaired) electrons. The van der Waals surface area contributed by atoms with Crippen LogP contribution in [0.5, 0.6) is 23.0 Å². The average Bonchev–Trinajstić information content (AvgIpc) is 0.768. The molecule has 2 aromatic carbocycles. The molecule has 14 rings (SSSR count). The molecule has 0 spiro atoms. The second-order valence-corrected chi connectivity index (χ2v) is 30.3. The molecule has 6 amide bonds. The Morgan fingerprint density at radius 1 is 0.448 bits per heavy atom. The van der Waals surface area contributed by atoms with E-state index >= 15 is 0 Å². The quantitative estimate of drug-likeness (QED) is 0.0367. The number of ether oxygens (including phenoxy) is 6. The van der Waals surface area contributed by atoms with Crippen LogP contribution in [0.3, 0.4) is 0 Å². The van der Waals surface area contributed by atoms with Crippen LogP contribution in [0.1, 0.15) is 138 Å². The lowest BCUT2D eigenvalue weighted by Crippen LogP contribution is -2.49. The molecule has 6 saturated heterocycles. The predicted molar refractivity (Wildman–Crippen MR) is 445 cm³/mol. The van der Waals surface area contributed by atoms with Gasteiger partial charge in [0.15, 0.2) is 6.29 Å². The number of urea groups is 2. The number of hydrogen-bond donors (Lipinski definition) is 3. The van der Waals surface area contributed by atoms with Gasteiger partial charge in [0, 0.05) is 183 Å². The van der Waals surface area contributed by atoms with Crippen LogP contribution in [0, 0.1) is 0 Å². The molecule has 6 aliphatic rings. The fourth-order valence-corrected chi connectivity index (χ4v) is 16.0. The molecule has 29 heteroatoms. The van der Waals surface area contributed by atoms with E-state index in [2.05, 4.69) is 66.6 Å². The number of pyridine rings is 6. The fourth-order valence-electron chi connectivity index (χ4n) is 16.0. The average molecular weight is 1600 g/mol. The normalized spacial score (nSPS) is 17.1. The number of aromatic nitrogens is 6. The summed E-state index contributed by atoms with van der Waals surface area (Å²) in [4.78, 5) is 129. The molecule has 6 aliphatic heterocycles. The summed E-state index contributed by atoms with van der Waals surface area (Å²) >= 11 is 0. The number of unbranched alkanes of at least 4 members (excludes halogenated alkanes) is 2. The number of nitrogens with one attached hydrogen (secondary N) is 3. The molecule has 0 atom stereocenters. The molecule has 8 aromatic rings. The second kappa shape index (κ2) is 41.9. The number of aryl methyl sites for hydroxylation is 2. The number of aldehydes is 1. The first-order valence-corrected chi connectivity index (χ1v) is 40.6. The van der Waals surface area contributed by atoms with E-state index in [1.807, 2.05) is 36.7 Å². The summed E-state index contributed by atoms with van der Waals surface area (Å²) in [6, 6.07) is 17.7.